The van der Waals surface area contributed by atoms with Crippen molar-refractivity contribution in [2.45, 2.75) is 104 Å². The maximum atomic E-state index is 12.9. The van der Waals surface area contributed by atoms with Gasteiger partial charge in [-0.1, -0.05) is 50.6 Å². The molecule has 32 heavy (non-hydrogen) atoms. The predicted molar refractivity (Wildman–Crippen MR) is 125 cm³/mol. The van der Waals surface area contributed by atoms with Crippen LogP contribution >= 0.6 is 0 Å². The number of amides is 1. The summed E-state index contributed by atoms with van der Waals surface area (Å²) in [6, 6.07) is 9.41. The molecule has 4 unspecified atom stereocenters. The summed E-state index contributed by atoms with van der Waals surface area (Å²) in [5, 5.41) is 2.70. The Labute approximate surface area is 193 Å². The molecule has 4 atom stereocenters. The molecule has 6 heteroatoms. The van der Waals surface area contributed by atoms with E-state index in [0.717, 1.165) is 31.2 Å². The lowest BCUT2D eigenvalue weighted by molar-refractivity contribution is -0.156. The highest BCUT2D eigenvalue weighted by Gasteiger charge is 2.35. The van der Waals surface area contributed by atoms with Gasteiger partial charge in [0.05, 0.1) is 12.7 Å². The number of hydrogen-bond donors (Lipinski definition) is 1. The van der Waals surface area contributed by atoms with Crippen molar-refractivity contribution in [3.8, 4) is 0 Å². The molecule has 0 bridgehead atoms. The van der Waals surface area contributed by atoms with Crippen LogP contribution in [0.2, 0.25) is 0 Å². The van der Waals surface area contributed by atoms with Gasteiger partial charge in [0.2, 0.25) is 0 Å². The summed E-state index contributed by atoms with van der Waals surface area (Å²) in [6.45, 7) is 12.3. The van der Waals surface area contributed by atoms with Crippen molar-refractivity contribution in [2.24, 2.45) is 11.8 Å². The summed E-state index contributed by atoms with van der Waals surface area (Å²) in [6.07, 6.45) is 3.10. The minimum atomic E-state index is -0.717. The van der Waals surface area contributed by atoms with Crippen LogP contribution in [0.5, 0.6) is 0 Å². The van der Waals surface area contributed by atoms with E-state index in [2.05, 4.69) is 31.3 Å². The van der Waals surface area contributed by atoms with Gasteiger partial charge in [0, 0.05) is 5.92 Å². The lowest BCUT2D eigenvalue weighted by Crippen LogP contribution is -2.45. The smallest absolute Gasteiger partial charge is 0.408 e. The summed E-state index contributed by atoms with van der Waals surface area (Å²) in [4.78, 5) is 25.1. The number of hydrogen-bond acceptors (Lipinski definition) is 5. The molecule has 1 amide bonds. The van der Waals surface area contributed by atoms with Crippen molar-refractivity contribution < 1.29 is 23.8 Å². The minimum Gasteiger partial charge on any atom is -0.461 e. The van der Waals surface area contributed by atoms with Crippen molar-refractivity contribution in [1.82, 2.24) is 5.32 Å². The van der Waals surface area contributed by atoms with Gasteiger partial charge in [-0.3, -0.25) is 0 Å². The molecule has 0 radical (unpaired) electrons. The molecule has 1 aliphatic rings. The van der Waals surface area contributed by atoms with Gasteiger partial charge < -0.3 is 19.5 Å². The minimum absolute atomic E-state index is 0.0166. The average molecular weight is 448 g/mol. The zero-order chi connectivity index (χ0) is 23.7. The highest BCUT2D eigenvalue weighted by molar-refractivity contribution is 5.81. The van der Waals surface area contributed by atoms with Crippen molar-refractivity contribution in [3.05, 3.63) is 35.9 Å². The maximum Gasteiger partial charge on any atom is 0.408 e. The molecule has 0 spiro atoms. The van der Waals surface area contributed by atoms with Crippen LogP contribution < -0.4 is 5.32 Å². The number of carbonyl (C=O) groups excluding carboxylic acids is 2. The second kappa shape index (κ2) is 12.2. The molecule has 0 aliphatic carbocycles. The van der Waals surface area contributed by atoms with Gasteiger partial charge in [-0.25, -0.2) is 9.59 Å². The van der Waals surface area contributed by atoms with E-state index < -0.39 is 23.7 Å². The Hall–Kier alpha value is -2.08. The van der Waals surface area contributed by atoms with Crippen LogP contribution in [0.1, 0.15) is 79.2 Å². The molecule has 2 rings (SSSR count). The lowest BCUT2D eigenvalue weighted by atomic mass is 9.86. The fraction of sp³-hybridized carbons (Fsp3) is 0.692. The summed E-state index contributed by atoms with van der Waals surface area (Å²) in [5.74, 6) is 0.258. The first-order valence-corrected chi connectivity index (χ1v) is 11.9. The second-order valence-electron chi connectivity index (χ2n) is 10.2. The van der Waals surface area contributed by atoms with Crippen LogP contribution in [0.3, 0.4) is 0 Å². The van der Waals surface area contributed by atoms with Crippen molar-refractivity contribution >= 4 is 12.1 Å². The Bertz CT molecular complexity index is 713. The third kappa shape index (κ3) is 9.19. The van der Waals surface area contributed by atoms with Crippen LogP contribution in [0, 0.1) is 11.8 Å². The predicted octanol–water partition coefficient (Wildman–Crippen LogP) is 5.63. The third-order valence-corrected chi connectivity index (χ3v) is 5.72. The van der Waals surface area contributed by atoms with E-state index in [1.807, 2.05) is 25.1 Å². The van der Waals surface area contributed by atoms with E-state index in [1.54, 1.807) is 20.8 Å². The van der Waals surface area contributed by atoms with Gasteiger partial charge >= 0.3 is 12.1 Å². The number of cyclic esters (lactones) is 1. The van der Waals surface area contributed by atoms with Crippen molar-refractivity contribution in [2.75, 3.05) is 0 Å². The average Bonchev–Trinajstić information content (AvgIpc) is 2.74. The summed E-state index contributed by atoms with van der Waals surface area (Å²) >= 11 is 0. The molecular formula is C26H41NO5. The van der Waals surface area contributed by atoms with Crippen LogP contribution in [0.15, 0.2) is 30.3 Å². The number of benzene rings is 1. The third-order valence-electron chi connectivity index (χ3n) is 5.72. The lowest BCUT2D eigenvalue weighted by Gasteiger charge is -2.31. The Kier molecular flexibility index (Phi) is 10.0. The van der Waals surface area contributed by atoms with Gasteiger partial charge in [0.25, 0.3) is 0 Å². The molecular weight excluding hydrogens is 406 g/mol. The Morgan fingerprint density at radius 1 is 1.19 bits per heavy atom. The first kappa shape index (κ1) is 26.2. The van der Waals surface area contributed by atoms with Crippen molar-refractivity contribution in [3.63, 3.8) is 0 Å². The molecule has 1 aromatic rings. The standard InChI is InChI=1S/C26H41NO5/c1-18(2)15-16-21-19(3)31-24(28)22(27-25(29)32-26(4,5)6)13-10-14-23(21)30-17-20-11-8-7-9-12-20/h7-9,11-12,18-19,21-23H,10,13-17H2,1-6H3,(H,27,29). The summed E-state index contributed by atoms with van der Waals surface area (Å²) in [7, 11) is 0. The zero-order valence-corrected chi connectivity index (χ0v) is 20.6. The molecule has 1 heterocycles. The number of ether oxygens (including phenoxy) is 3. The fourth-order valence-corrected chi connectivity index (χ4v) is 4.02. The summed E-state index contributed by atoms with van der Waals surface area (Å²) in [5.41, 5.74) is 0.502. The molecule has 0 aromatic heterocycles. The monoisotopic (exact) mass is 447 g/mol. The molecule has 1 saturated heterocycles. The molecule has 0 saturated carbocycles. The number of carbonyl (C=O) groups is 2. The van der Waals surface area contributed by atoms with Crippen molar-refractivity contribution in [1.29, 1.82) is 0 Å². The van der Waals surface area contributed by atoms with Crippen LogP contribution in [-0.4, -0.2) is 35.9 Å². The van der Waals surface area contributed by atoms with Crippen LogP contribution in [0.4, 0.5) is 4.79 Å². The highest BCUT2D eigenvalue weighted by atomic mass is 16.6. The highest BCUT2D eigenvalue weighted by Crippen LogP contribution is 2.29. The summed E-state index contributed by atoms with van der Waals surface area (Å²) < 4.78 is 17.6. The van der Waals surface area contributed by atoms with Gasteiger partial charge in [0.1, 0.15) is 17.7 Å². The molecule has 1 fully saturated rings. The molecule has 1 N–H and O–H groups in total. The molecule has 1 aliphatic heterocycles. The normalized spacial score (nSPS) is 24.8. The van der Waals surface area contributed by atoms with Crippen LogP contribution in [-0.2, 0) is 25.6 Å². The molecule has 180 valence electrons. The Morgan fingerprint density at radius 3 is 2.50 bits per heavy atom. The van der Waals surface area contributed by atoms with E-state index in [0.29, 0.717) is 18.9 Å². The molecule has 6 nitrogen and oxygen atoms in total. The number of nitrogens with one attached hydrogen (secondary N) is 1. The van der Waals surface area contributed by atoms with Gasteiger partial charge in [0.15, 0.2) is 0 Å². The zero-order valence-electron chi connectivity index (χ0n) is 20.6. The van der Waals surface area contributed by atoms with Gasteiger partial charge in [-0.15, -0.1) is 0 Å². The molecule has 1 aromatic carbocycles. The fourth-order valence-electron chi connectivity index (χ4n) is 4.02. The van der Waals surface area contributed by atoms with E-state index in [-0.39, 0.29) is 18.1 Å². The van der Waals surface area contributed by atoms with Gasteiger partial charge in [-0.2, -0.15) is 0 Å². The van der Waals surface area contributed by atoms with Gasteiger partial charge in [-0.05, 0) is 64.9 Å². The van der Waals surface area contributed by atoms with Crippen LogP contribution in [0.25, 0.3) is 0 Å². The largest absolute Gasteiger partial charge is 0.461 e. The number of esters is 1. The second-order valence-corrected chi connectivity index (χ2v) is 10.2. The first-order chi connectivity index (χ1) is 15.0. The van der Waals surface area contributed by atoms with E-state index in [9.17, 15) is 9.59 Å². The Morgan fingerprint density at radius 2 is 1.88 bits per heavy atom. The maximum absolute atomic E-state index is 12.9. The topological polar surface area (TPSA) is 73.9 Å². The number of alkyl carbamates (subject to hydrolysis) is 1. The SMILES string of the molecule is CC(C)CCC1C(C)OC(=O)C(NC(=O)OC(C)(C)C)CCCC1OCc1ccccc1. The van der Waals surface area contributed by atoms with E-state index >= 15 is 0 Å². The van der Waals surface area contributed by atoms with E-state index in [4.69, 9.17) is 14.2 Å². The Balaban J connectivity index is 2.11. The van der Waals surface area contributed by atoms with E-state index in [1.165, 1.54) is 0 Å². The number of rotatable bonds is 7. The first-order valence-electron chi connectivity index (χ1n) is 11.9. The quantitative estimate of drug-likeness (QED) is 0.548.